The summed E-state index contributed by atoms with van der Waals surface area (Å²) in [5, 5.41) is 2.74. The third kappa shape index (κ3) is 3.55. The van der Waals surface area contributed by atoms with Crippen molar-refractivity contribution in [2.45, 2.75) is 13.3 Å². The van der Waals surface area contributed by atoms with E-state index in [2.05, 4.69) is 5.32 Å². The quantitative estimate of drug-likeness (QED) is 0.382. The topological polar surface area (TPSA) is 50.6 Å². The molecule has 144 valence electrons. The Morgan fingerprint density at radius 1 is 0.966 bits per heavy atom. The molecule has 0 saturated heterocycles. The van der Waals surface area contributed by atoms with E-state index in [1.165, 1.54) is 12.1 Å². The van der Waals surface area contributed by atoms with Crippen LogP contribution in [0.1, 0.15) is 23.0 Å². The van der Waals surface area contributed by atoms with Gasteiger partial charge in [-0.3, -0.25) is 9.59 Å². The number of pyridine rings is 1. The number of para-hydroxylation sites is 1. The zero-order chi connectivity index (χ0) is 20.4. The van der Waals surface area contributed by atoms with Crippen LogP contribution in [0.5, 0.6) is 0 Å². The zero-order valence-corrected chi connectivity index (χ0v) is 15.9. The molecule has 2 aromatic carbocycles. The van der Waals surface area contributed by atoms with Gasteiger partial charge in [0.25, 0.3) is 11.7 Å². The second kappa shape index (κ2) is 7.72. The molecule has 29 heavy (non-hydrogen) atoms. The first kappa shape index (κ1) is 18.6. The molecule has 0 saturated carbocycles. The number of carbonyl (C=O) groups is 2. The fourth-order valence-electron chi connectivity index (χ4n) is 3.44. The fourth-order valence-corrected chi connectivity index (χ4v) is 3.44. The molecule has 2 heterocycles. The maximum atomic E-state index is 13.4. The van der Waals surface area contributed by atoms with Crippen LogP contribution in [0.2, 0.25) is 0 Å². The van der Waals surface area contributed by atoms with Crippen molar-refractivity contribution < 1.29 is 14.0 Å². The molecule has 4 rings (SSSR count). The van der Waals surface area contributed by atoms with Gasteiger partial charge < -0.3 is 9.72 Å². The highest BCUT2D eigenvalue weighted by Gasteiger charge is 2.25. The van der Waals surface area contributed by atoms with Crippen molar-refractivity contribution in [2.75, 3.05) is 5.32 Å². The first-order valence-corrected chi connectivity index (χ1v) is 9.38. The number of benzene rings is 2. The first-order valence-electron chi connectivity index (χ1n) is 9.38. The summed E-state index contributed by atoms with van der Waals surface area (Å²) < 4.78 is 15.1. The molecule has 0 fully saturated rings. The van der Waals surface area contributed by atoms with Crippen LogP contribution in [0.25, 0.3) is 16.6 Å². The average molecular weight is 386 g/mol. The Morgan fingerprint density at radius 2 is 1.69 bits per heavy atom. The van der Waals surface area contributed by atoms with E-state index in [1.54, 1.807) is 34.9 Å². The minimum atomic E-state index is -0.710. The van der Waals surface area contributed by atoms with E-state index in [-0.39, 0.29) is 11.5 Å². The summed E-state index contributed by atoms with van der Waals surface area (Å²) in [5.74, 6) is -1.72. The number of aryl methyl sites for hydroxylation is 1. The predicted octanol–water partition coefficient (Wildman–Crippen LogP) is 5.13. The van der Waals surface area contributed by atoms with Gasteiger partial charge in [-0.2, -0.15) is 0 Å². The molecule has 0 bridgehead atoms. The maximum Gasteiger partial charge on any atom is 0.298 e. The van der Waals surface area contributed by atoms with Crippen molar-refractivity contribution in [2.24, 2.45) is 0 Å². The summed E-state index contributed by atoms with van der Waals surface area (Å²) in [6.45, 7) is 1.99. The van der Waals surface area contributed by atoms with Crippen molar-refractivity contribution in [3.05, 3.63) is 96.1 Å². The maximum absolute atomic E-state index is 13.4. The molecule has 0 aliphatic carbocycles. The lowest BCUT2D eigenvalue weighted by Crippen LogP contribution is -2.25. The fraction of sp³-hybridized carbons (Fsp3) is 0.0833. The molecule has 5 heteroatoms. The SMILES string of the molecule is CCc1ccccc1NC(=O)C(=O)c1c(-c2ccc(F)cc2)cc2ccccn12. The first-order chi connectivity index (χ1) is 14.1. The van der Waals surface area contributed by atoms with E-state index >= 15 is 0 Å². The van der Waals surface area contributed by atoms with Gasteiger partial charge in [-0.05, 0) is 53.9 Å². The third-order valence-corrected chi connectivity index (χ3v) is 4.90. The predicted molar refractivity (Wildman–Crippen MR) is 112 cm³/mol. The number of nitrogens with one attached hydrogen (secondary N) is 1. The Morgan fingerprint density at radius 3 is 2.45 bits per heavy atom. The van der Waals surface area contributed by atoms with Gasteiger partial charge >= 0.3 is 0 Å². The van der Waals surface area contributed by atoms with Crippen molar-refractivity contribution in [1.29, 1.82) is 0 Å². The number of hydrogen-bond donors (Lipinski definition) is 1. The van der Waals surface area contributed by atoms with Crippen molar-refractivity contribution >= 4 is 22.9 Å². The highest BCUT2D eigenvalue weighted by atomic mass is 19.1. The molecule has 0 radical (unpaired) electrons. The van der Waals surface area contributed by atoms with Crippen molar-refractivity contribution in [3.8, 4) is 11.1 Å². The number of carbonyl (C=O) groups excluding carboxylic acids is 2. The highest BCUT2D eigenvalue weighted by molar-refractivity contribution is 6.47. The van der Waals surface area contributed by atoms with Gasteiger partial charge in [0.15, 0.2) is 0 Å². The van der Waals surface area contributed by atoms with Crippen LogP contribution in [0.4, 0.5) is 10.1 Å². The molecular weight excluding hydrogens is 367 g/mol. The molecule has 1 amide bonds. The minimum absolute atomic E-state index is 0.249. The summed E-state index contributed by atoms with van der Waals surface area (Å²) in [6, 6.07) is 20.6. The van der Waals surface area contributed by atoms with E-state index < -0.39 is 11.7 Å². The number of aromatic nitrogens is 1. The Labute approximate surface area is 167 Å². The minimum Gasteiger partial charge on any atom is -0.319 e. The Hall–Kier alpha value is -3.73. The van der Waals surface area contributed by atoms with E-state index in [1.807, 2.05) is 43.3 Å². The Balaban J connectivity index is 1.78. The standard InChI is InChI=1S/C24H19FN2O2/c1-2-16-7-3-4-9-21(16)26-24(29)23(28)22-20(17-10-12-18(25)13-11-17)15-19-8-5-6-14-27(19)22/h3-15H,2H2,1H3,(H,26,29). The molecule has 4 nitrogen and oxygen atoms in total. The second-order valence-corrected chi connectivity index (χ2v) is 6.70. The smallest absolute Gasteiger partial charge is 0.298 e. The van der Waals surface area contributed by atoms with Crippen LogP contribution in [0.3, 0.4) is 0 Å². The van der Waals surface area contributed by atoms with Crippen LogP contribution in [-0.4, -0.2) is 16.1 Å². The molecule has 0 aliphatic heterocycles. The van der Waals surface area contributed by atoms with Crippen LogP contribution in [0, 0.1) is 5.82 Å². The van der Waals surface area contributed by atoms with E-state index in [9.17, 15) is 14.0 Å². The average Bonchev–Trinajstić information content (AvgIpc) is 3.13. The number of nitrogens with zero attached hydrogens (tertiary/aromatic N) is 1. The second-order valence-electron chi connectivity index (χ2n) is 6.70. The summed E-state index contributed by atoms with van der Waals surface area (Å²) in [6.07, 6.45) is 2.47. The number of hydrogen-bond acceptors (Lipinski definition) is 2. The zero-order valence-electron chi connectivity index (χ0n) is 15.9. The molecule has 4 aromatic rings. The normalized spacial score (nSPS) is 10.8. The lowest BCUT2D eigenvalue weighted by atomic mass is 10.0. The number of anilines is 1. The molecule has 0 unspecified atom stereocenters. The largest absolute Gasteiger partial charge is 0.319 e. The van der Waals surface area contributed by atoms with Crippen LogP contribution >= 0.6 is 0 Å². The lowest BCUT2D eigenvalue weighted by Gasteiger charge is -2.10. The van der Waals surface area contributed by atoms with Gasteiger partial charge in [0.1, 0.15) is 11.5 Å². The van der Waals surface area contributed by atoms with E-state index in [0.717, 1.165) is 17.5 Å². The molecule has 2 aromatic heterocycles. The highest BCUT2D eigenvalue weighted by Crippen LogP contribution is 2.29. The number of ketones is 1. The van der Waals surface area contributed by atoms with Gasteiger partial charge in [-0.1, -0.05) is 43.3 Å². The molecule has 0 spiro atoms. The van der Waals surface area contributed by atoms with E-state index in [4.69, 9.17) is 0 Å². The third-order valence-electron chi connectivity index (χ3n) is 4.90. The van der Waals surface area contributed by atoms with Gasteiger partial charge in [-0.25, -0.2) is 4.39 Å². The van der Waals surface area contributed by atoms with Gasteiger partial charge in [0, 0.05) is 23.0 Å². The van der Waals surface area contributed by atoms with Crippen LogP contribution < -0.4 is 5.32 Å². The number of fused-ring (bicyclic) bond motifs is 1. The summed E-state index contributed by atoms with van der Waals surface area (Å²) >= 11 is 0. The van der Waals surface area contributed by atoms with Gasteiger partial charge in [0.05, 0.1) is 0 Å². The van der Waals surface area contributed by atoms with Crippen molar-refractivity contribution in [1.82, 2.24) is 4.40 Å². The Kier molecular flexibility index (Phi) is 4.96. The number of amides is 1. The molecular formula is C24H19FN2O2. The summed E-state index contributed by atoms with van der Waals surface area (Å²) in [5.41, 5.74) is 3.85. The number of Topliss-reactive ketones (excluding diaryl/α,β-unsaturated/α-hetero) is 1. The number of halogens is 1. The van der Waals surface area contributed by atoms with Gasteiger partial charge in [-0.15, -0.1) is 0 Å². The molecule has 1 N–H and O–H groups in total. The lowest BCUT2D eigenvalue weighted by molar-refractivity contribution is -0.112. The van der Waals surface area contributed by atoms with Crippen LogP contribution in [-0.2, 0) is 11.2 Å². The monoisotopic (exact) mass is 386 g/mol. The number of rotatable bonds is 5. The molecule has 0 aliphatic rings. The van der Waals surface area contributed by atoms with E-state index in [0.29, 0.717) is 16.8 Å². The summed E-state index contributed by atoms with van der Waals surface area (Å²) in [4.78, 5) is 26.0. The van der Waals surface area contributed by atoms with Crippen molar-refractivity contribution in [3.63, 3.8) is 0 Å². The van der Waals surface area contributed by atoms with Crippen LogP contribution in [0.15, 0.2) is 79.0 Å². The Bertz CT molecular complexity index is 1210. The summed E-state index contributed by atoms with van der Waals surface area (Å²) in [7, 11) is 0. The van der Waals surface area contributed by atoms with Gasteiger partial charge in [0.2, 0.25) is 0 Å². The molecule has 0 atom stereocenters.